The fourth-order valence-electron chi connectivity index (χ4n) is 2.45. The smallest absolute Gasteiger partial charge is 0.242 e. The van der Waals surface area contributed by atoms with E-state index in [-0.39, 0.29) is 16.1 Å². The van der Waals surface area contributed by atoms with Crippen LogP contribution in [0.25, 0.3) is 10.2 Å². The van der Waals surface area contributed by atoms with E-state index in [0.717, 1.165) is 24.4 Å². The Morgan fingerprint density at radius 2 is 1.93 bits per heavy atom. The van der Waals surface area contributed by atoms with Gasteiger partial charge in [-0.2, -0.15) is 0 Å². The summed E-state index contributed by atoms with van der Waals surface area (Å²) in [6, 6.07) is 12.6. The van der Waals surface area contributed by atoms with Gasteiger partial charge in [0.05, 0.1) is 20.4 Å². The molecular weight excluding hydrogens is 414 g/mol. The standard InChI is InChI=1S/C19H21N3O3S3/c1-12-9-10-14(28(24,25)22(3)4)11-16(12)20-18(23)13(2)26-19-21-15-7-5-6-8-17(15)27-19/h5-11,13H,1-4H3,(H,20,23). The van der Waals surface area contributed by atoms with Gasteiger partial charge in [0.1, 0.15) is 0 Å². The number of nitrogens with one attached hydrogen (secondary N) is 1. The monoisotopic (exact) mass is 435 g/mol. The van der Waals surface area contributed by atoms with Crippen LogP contribution in [0.1, 0.15) is 12.5 Å². The van der Waals surface area contributed by atoms with Crippen molar-refractivity contribution >= 4 is 54.9 Å². The van der Waals surface area contributed by atoms with E-state index in [1.54, 1.807) is 23.5 Å². The molecule has 3 rings (SSSR count). The van der Waals surface area contributed by atoms with Crippen molar-refractivity contribution in [1.29, 1.82) is 0 Å². The molecule has 0 saturated heterocycles. The van der Waals surface area contributed by atoms with Gasteiger partial charge in [0, 0.05) is 19.8 Å². The summed E-state index contributed by atoms with van der Waals surface area (Å²) in [6.07, 6.45) is 0. The summed E-state index contributed by atoms with van der Waals surface area (Å²) in [5.74, 6) is -0.202. The van der Waals surface area contributed by atoms with Crippen molar-refractivity contribution in [2.45, 2.75) is 28.3 Å². The van der Waals surface area contributed by atoms with Gasteiger partial charge in [-0.3, -0.25) is 4.79 Å². The molecule has 6 nitrogen and oxygen atoms in total. The van der Waals surface area contributed by atoms with E-state index >= 15 is 0 Å². The van der Waals surface area contributed by atoms with Crippen LogP contribution in [0, 0.1) is 6.92 Å². The lowest BCUT2D eigenvalue weighted by Crippen LogP contribution is -2.24. The number of thiazole rings is 1. The van der Waals surface area contributed by atoms with Crippen LogP contribution in [-0.2, 0) is 14.8 Å². The van der Waals surface area contributed by atoms with Crippen LogP contribution >= 0.6 is 23.1 Å². The van der Waals surface area contributed by atoms with Crippen molar-refractivity contribution in [3.8, 4) is 0 Å². The molecule has 148 valence electrons. The second-order valence-electron chi connectivity index (χ2n) is 6.46. The molecule has 1 aromatic heterocycles. The van der Waals surface area contributed by atoms with E-state index in [1.807, 2.05) is 38.1 Å². The number of benzene rings is 2. The highest BCUT2D eigenvalue weighted by Crippen LogP contribution is 2.32. The molecule has 0 aliphatic heterocycles. The Bertz CT molecular complexity index is 1090. The van der Waals surface area contributed by atoms with Crippen LogP contribution < -0.4 is 5.32 Å². The molecule has 0 bridgehead atoms. The maximum Gasteiger partial charge on any atom is 0.242 e. The van der Waals surface area contributed by atoms with E-state index in [2.05, 4.69) is 10.3 Å². The molecular formula is C19H21N3O3S3. The molecule has 1 unspecified atom stereocenters. The third-order valence-corrected chi connectivity index (χ3v) is 8.21. The van der Waals surface area contributed by atoms with Gasteiger partial charge < -0.3 is 5.32 Å². The van der Waals surface area contributed by atoms with E-state index in [4.69, 9.17) is 0 Å². The zero-order valence-corrected chi connectivity index (χ0v) is 18.4. The minimum atomic E-state index is -3.57. The number of amides is 1. The van der Waals surface area contributed by atoms with E-state index in [9.17, 15) is 13.2 Å². The molecule has 0 aliphatic carbocycles. The lowest BCUT2D eigenvalue weighted by molar-refractivity contribution is -0.115. The van der Waals surface area contributed by atoms with Crippen molar-refractivity contribution in [3.63, 3.8) is 0 Å². The predicted octanol–water partition coefficient (Wildman–Crippen LogP) is 3.97. The average molecular weight is 436 g/mol. The van der Waals surface area contributed by atoms with Gasteiger partial charge in [-0.05, 0) is 43.7 Å². The number of rotatable bonds is 6. The maximum atomic E-state index is 12.7. The third-order valence-electron chi connectivity index (χ3n) is 4.17. The van der Waals surface area contributed by atoms with E-state index in [0.29, 0.717) is 5.69 Å². The zero-order valence-electron chi connectivity index (χ0n) is 16.0. The van der Waals surface area contributed by atoms with E-state index < -0.39 is 10.0 Å². The Morgan fingerprint density at radius 1 is 1.21 bits per heavy atom. The number of carbonyl (C=O) groups excluding carboxylic acids is 1. The summed E-state index contributed by atoms with van der Waals surface area (Å²) < 4.78 is 27.7. The first-order valence-corrected chi connectivity index (χ1v) is 11.7. The number of fused-ring (bicyclic) bond motifs is 1. The van der Waals surface area contributed by atoms with Crippen molar-refractivity contribution in [1.82, 2.24) is 9.29 Å². The highest BCUT2D eigenvalue weighted by Gasteiger charge is 2.21. The lowest BCUT2D eigenvalue weighted by atomic mass is 10.2. The number of para-hydroxylation sites is 1. The topological polar surface area (TPSA) is 79.4 Å². The number of thioether (sulfide) groups is 1. The molecule has 3 aromatic rings. The van der Waals surface area contributed by atoms with Crippen molar-refractivity contribution in [2.75, 3.05) is 19.4 Å². The minimum absolute atomic E-state index is 0.143. The summed E-state index contributed by atoms with van der Waals surface area (Å²) in [5.41, 5.74) is 2.20. The predicted molar refractivity (Wildman–Crippen MR) is 116 cm³/mol. The molecule has 9 heteroatoms. The van der Waals surface area contributed by atoms with Crippen LogP contribution in [-0.4, -0.2) is 43.0 Å². The van der Waals surface area contributed by atoms with Crippen molar-refractivity contribution in [2.24, 2.45) is 0 Å². The summed E-state index contributed by atoms with van der Waals surface area (Å²) >= 11 is 2.93. The Labute approximate surface area is 173 Å². The van der Waals surface area contributed by atoms with Crippen LogP contribution in [0.2, 0.25) is 0 Å². The second-order valence-corrected chi connectivity index (χ2v) is 11.2. The first-order chi connectivity index (χ1) is 13.2. The highest BCUT2D eigenvalue weighted by atomic mass is 32.2. The van der Waals surface area contributed by atoms with Gasteiger partial charge in [-0.15, -0.1) is 11.3 Å². The Balaban J connectivity index is 1.76. The molecule has 0 spiro atoms. The summed E-state index contributed by atoms with van der Waals surface area (Å²) in [4.78, 5) is 17.3. The number of nitrogens with zero attached hydrogens (tertiary/aromatic N) is 2. The fourth-order valence-corrected chi connectivity index (χ4v) is 5.59. The van der Waals surface area contributed by atoms with Gasteiger partial charge in [0.2, 0.25) is 15.9 Å². The average Bonchev–Trinajstić information content (AvgIpc) is 3.05. The number of aromatic nitrogens is 1. The Morgan fingerprint density at radius 3 is 2.61 bits per heavy atom. The lowest BCUT2D eigenvalue weighted by Gasteiger charge is -2.16. The van der Waals surface area contributed by atoms with Crippen LogP contribution in [0.15, 0.2) is 51.7 Å². The quantitative estimate of drug-likeness (QED) is 0.593. The number of aryl methyl sites for hydroxylation is 1. The van der Waals surface area contributed by atoms with Crippen LogP contribution in [0.3, 0.4) is 0 Å². The fraction of sp³-hybridized carbons (Fsp3) is 0.263. The van der Waals surface area contributed by atoms with E-state index in [1.165, 1.54) is 31.9 Å². The molecule has 1 N–H and O–H groups in total. The Hall–Kier alpha value is -1.94. The molecule has 28 heavy (non-hydrogen) atoms. The van der Waals surface area contributed by atoms with Gasteiger partial charge in [0.15, 0.2) is 4.34 Å². The first-order valence-electron chi connectivity index (χ1n) is 8.55. The number of sulfonamides is 1. The van der Waals surface area contributed by atoms with Gasteiger partial charge in [0.25, 0.3) is 0 Å². The normalized spacial score (nSPS) is 13.0. The molecule has 0 saturated carbocycles. The molecule has 1 amide bonds. The minimum Gasteiger partial charge on any atom is -0.325 e. The summed E-state index contributed by atoms with van der Waals surface area (Å²) in [5, 5.41) is 2.47. The largest absolute Gasteiger partial charge is 0.325 e. The second kappa shape index (κ2) is 8.20. The SMILES string of the molecule is Cc1ccc(S(=O)(=O)N(C)C)cc1NC(=O)C(C)Sc1nc2ccccc2s1. The van der Waals surface area contributed by atoms with Gasteiger partial charge >= 0.3 is 0 Å². The number of hydrogen-bond acceptors (Lipinski definition) is 6. The maximum absolute atomic E-state index is 12.7. The molecule has 1 heterocycles. The van der Waals surface area contributed by atoms with Gasteiger partial charge in [-0.1, -0.05) is 30.0 Å². The van der Waals surface area contributed by atoms with Crippen molar-refractivity contribution in [3.05, 3.63) is 48.0 Å². The van der Waals surface area contributed by atoms with Crippen LogP contribution in [0.5, 0.6) is 0 Å². The molecule has 0 aliphatic rings. The van der Waals surface area contributed by atoms with Gasteiger partial charge in [-0.25, -0.2) is 17.7 Å². The molecule has 2 aromatic carbocycles. The first kappa shape index (κ1) is 20.8. The summed E-state index contributed by atoms with van der Waals surface area (Å²) in [7, 11) is -0.614. The van der Waals surface area contributed by atoms with Crippen LogP contribution in [0.4, 0.5) is 5.69 Å². The van der Waals surface area contributed by atoms with Crippen molar-refractivity contribution < 1.29 is 13.2 Å². The highest BCUT2D eigenvalue weighted by molar-refractivity contribution is 8.02. The Kier molecular flexibility index (Phi) is 6.09. The molecule has 1 atom stereocenters. The zero-order chi connectivity index (χ0) is 20.5. The number of carbonyl (C=O) groups is 1. The number of hydrogen-bond donors (Lipinski definition) is 1. The number of anilines is 1. The molecule has 0 radical (unpaired) electrons. The third kappa shape index (κ3) is 4.38. The molecule has 0 fully saturated rings. The summed E-state index contributed by atoms with van der Waals surface area (Å²) in [6.45, 7) is 3.63.